The van der Waals surface area contributed by atoms with Gasteiger partial charge >= 0.3 is 12.1 Å². The number of rotatable bonds is 5. The van der Waals surface area contributed by atoms with E-state index in [0.717, 1.165) is 17.7 Å². The Morgan fingerprint density at radius 1 is 1.23 bits per heavy atom. The smallest absolute Gasteiger partial charge is 0.410 e. The molecule has 1 aliphatic rings. The summed E-state index contributed by atoms with van der Waals surface area (Å²) in [6.45, 7) is 8.32. The summed E-state index contributed by atoms with van der Waals surface area (Å²) >= 11 is 1.29. The van der Waals surface area contributed by atoms with Crippen LogP contribution in [0.3, 0.4) is 0 Å². The van der Waals surface area contributed by atoms with Gasteiger partial charge in [-0.2, -0.15) is 0 Å². The number of fused-ring (bicyclic) bond motifs is 1. The number of carbonyl (C=O) groups is 2. The number of benzene rings is 1. The fraction of sp³-hybridized carbons (Fsp3) is 0.440. The van der Waals surface area contributed by atoms with E-state index in [1.165, 1.54) is 23.5 Å². The number of halogens is 1. The maximum Gasteiger partial charge on any atom is 0.410 e. The highest BCUT2D eigenvalue weighted by Crippen LogP contribution is 2.39. The van der Waals surface area contributed by atoms with E-state index in [4.69, 9.17) is 14.2 Å². The lowest BCUT2D eigenvalue weighted by atomic mass is 10.1. The van der Waals surface area contributed by atoms with Gasteiger partial charge in [-0.05, 0) is 64.3 Å². The van der Waals surface area contributed by atoms with Crippen LogP contribution >= 0.6 is 11.3 Å². The molecule has 0 radical (unpaired) electrons. The molecule has 186 valence electrons. The first-order chi connectivity index (χ1) is 16.6. The van der Waals surface area contributed by atoms with Crippen molar-refractivity contribution in [3.05, 3.63) is 41.8 Å². The van der Waals surface area contributed by atoms with Crippen LogP contribution in [0.1, 0.15) is 51.0 Å². The molecule has 8 nitrogen and oxygen atoms in total. The third-order valence-electron chi connectivity index (χ3n) is 5.30. The minimum Gasteiger partial charge on any atom is -0.471 e. The van der Waals surface area contributed by atoms with Crippen LogP contribution in [0.15, 0.2) is 30.3 Å². The number of nitrogens with zero attached hydrogens (tertiary/aromatic N) is 3. The molecule has 0 saturated carbocycles. The van der Waals surface area contributed by atoms with Gasteiger partial charge in [-0.15, -0.1) is 21.5 Å². The molecule has 35 heavy (non-hydrogen) atoms. The average molecular weight is 502 g/mol. The summed E-state index contributed by atoms with van der Waals surface area (Å²) in [6.07, 6.45) is 0.770. The molecule has 0 spiro atoms. The third kappa shape index (κ3) is 5.87. The van der Waals surface area contributed by atoms with Crippen LogP contribution in [0.25, 0.3) is 20.5 Å². The maximum atomic E-state index is 13.8. The van der Waals surface area contributed by atoms with Gasteiger partial charge in [0.2, 0.25) is 5.88 Å². The van der Waals surface area contributed by atoms with Gasteiger partial charge in [0, 0.05) is 11.4 Å². The summed E-state index contributed by atoms with van der Waals surface area (Å²) in [5, 5.41) is 8.87. The number of esters is 1. The van der Waals surface area contributed by atoms with E-state index in [9.17, 15) is 14.0 Å². The Morgan fingerprint density at radius 3 is 2.74 bits per heavy atom. The van der Waals surface area contributed by atoms with Gasteiger partial charge in [0.05, 0.1) is 23.2 Å². The van der Waals surface area contributed by atoms with Gasteiger partial charge in [-0.1, -0.05) is 12.1 Å². The van der Waals surface area contributed by atoms with Crippen LogP contribution in [-0.2, 0) is 9.47 Å². The number of amides is 1. The first-order valence-corrected chi connectivity index (χ1v) is 12.3. The topological polar surface area (TPSA) is 90.9 Å². The standard InChI is InChI=1S/C25H28FN3O5S/c1-5-32-23(30)20-21-18(13-19(35-21)15-8-6-9-16(26)12-15)22(28-27-20)33-17-10-7-11-29(14-17)24(31)34-25(2,3)4/h6,8-9,12-13,17H,5,7,10-11,14H2,1-4H3. The Kier molecular flexibility index (Phi) is 7.20. The summed E-state index contributed by atoms with van der Waals surface area (Å²) in [5.74, 6) is -0.691. The van der Waals surface area contributed by atoms with E-state index in [-0.39, 0.29) is 36.2 Å². The molecule has 1 saturated heterocycles. The predicted octanol–water partition coefficient (Wildman–Crippen LogP) is 5.45. The Bertz CT molecular complexity index is 1240. The molecule has 2 aromatic heterocycles. The van der Waals surface area contributed by atoms with Gasteiger partial charge in [0.25, 0.3) is 0 Å². The zero-order chi connectivity index (χ0) is 25.2. The summed E-state index contributed by atoms with van der Waals surface area (Å²) in [5.41, 5.74) is 0.164. The number of ether oxygens (including phenoxy) is 3. The van der Waals surface area contributed by atoms with Gasteiger partial charge < -0.3 is 19.1 Å². The fourth-order valence-corrected chi connectivity index (χ4v) is 4.93. The second-order valence-corrected chi connectivity index (χ2v) is 10.3. The molecule has 1 aliphatic heterocycles. The van der Waals surface area contributed by atoms with Crippen molar-refractivity contribution in [1.82, 2.24) is 15.1 Å². The molecular weight excluding hydrogens is 473 g/mol. The van der Waals surface area contributed by atoms with Crippen LogP contribution in [-0.4, -0.2) is 58.6 Å². The zero-order valence-electron chi connectivity index (χ0n) is 20.2. The number of aromatic nitrogens is 2. The van der Waals surface area contributed by atoms with Crippen LogP contribution in [0, 0.1) is 5.82 Å². The van der Waals surface area contributed by atoms with E-state index < -0.39 is 11.6 Å². The van der Waals surface area contributed by atoms with Crippen molar-refractivity contribution in [1.29, 1.82) is 0 Å². The molecule has 1 aromatic carbocycles. The second kappa shape index (κ2) is 10.2. The molecule has 3 aromatic rings. The number of thiophene rings is 1. The minimum absolute atomic E-state index is 0.0841. The molecule has 4 rings (SSSR count). The zero-order valence-corrected chi connectivity index (χ0v) is 21.0. The lowest BCUT2D eigenvalue weighted by Gasteiger charge is -2.33. The second-order valence-electron chi connectivity index (χ2n) is 9.25. The molecule has 3 heterocycles. The van der Waals surface area contributed by atoms with Crippen LogP contribution < -0.4 is 4.74 Å². The number of hydrogen-bond acceptors (Lipinski definition) is 8. The number of piperidine rings is 1. The van der Waals surface area contributed by atoms with Gasteiger partial charge in [0.1, 0.15) is 17.5 Å². The minimum atomic E-state index is -0.588. The van der Waals surface area contributed by atoms with E-state index in [1.54, 1.807) is 24.0 Å². The van der Waals surface area contributed by atoms with Crippen LogP contribution in [0.5, 0.6) is 5.88 Å². The SMILES string of the molecule is CCOC(=O)c1nnc(OC2CCCN(C(=O)OC(C)(C)C)C2)c2cc(-c3cccc(F)c3)sc12. The molecular formula is C25H28FN3O5S. The van der Waals surface area contributed by atoms with Crippen molar-refractivity contribution in [3.8, 4) is 16.3 Å². The first-order valence-electron chi connectivity index (χ1n) is 11.5. The van der Waals surface area contributed by atoms with Crippen LogP contribution in [0.2, 0.25) is 0 Å². The first kappa shape index (κ1) is 24.8. The predicted molar refractivity (Wildman–Crippen MR) is 130 cm³/mol. The highest BCUT2D eigenvalue weighted by molar-refractivity contribution is 7.22. The average Bonchev–Trinajstić information content (AvgIpc) is 3.24. The largest absolute Gasteiger partial charge is 0.471 e. The Morgan fingerprint density at radius 2 is 2.03 bits per heavy atom. The summed E-state index contributed by atoms with van der Waals surface area (Å²) in [6, 6.07) is 8.03. The maximum absolute atomic E-state index is 13.8. The van der Waals surface area contributed by atoms with Crippen molar-refractivity contribution >= 4 is 33.5 Å². The molecule has 1 fully saturated rings. The summed E-state index contributed by atoms with van der Waals surface area (Å²) in [4.78, 5) is 27.4. The number of likely N-dealkylation sites (tertiary alicyclic amines) is 1. The molecule has 10 heteroatoms. The van der Waals surface area contributed by atoms with Gasteiger partial charge in [-0.25, -0.2) is 14.0 Å². The molecule has 0 bridgehead atoms. The molecule has 1 atom stereocenters. The van der Waals surface area contributed by atoms with Gasteiger partial charge in [0.15, 0.2) is 5.69 Å². The quantitative estimate of drug-likeness (QED) is 0.429. The number of carbonyl (C=O) groups excluding carboxylic acids is 2. The lowest BCUT2D eigenvalue weighted by Crippen LogP contribution is -2.46. The van der Waals surface area contributed by atoms with Crippen molar-refractivity contribution in [2.45, 2.75) is 52.2 Å². The van der Waals surface area contributed by atoms with Crippen molar-refractivity contribution < 1.29 is 28.2 Å². The van der Waals surface area contributed by atoms with Crippen molar-refractivity contribution in [3.63, 3.8) is 0 Å². The highest BCUT2D eigenvalue weighted by atomic mass is 32.1. The Balaban J connectivity index is 1.65. The van der Waals surface area contributed by atoms with Crippen molar-refractivity contribution in [2.75, 3.05) is 19.7 Å². The summed E-state index contributed by atoms with van der Waals surface area (Å²) in [7, 11) is 0. The fourth-order valence-electron chi connectivity index (χ4n) is 3.81. The van der Waals surface area contributed by atoms with E-state index in [0.29, 0.717) is 28.7 Å². The van der Waals surface area contributed by atoms with E-state index in [1.807, 2.05) is 26.8 Å². The summed E-state index contributed by atoms with van der Waals surface area (Å²) < 4.78 is 31.2. The Labute approximate surface area is 207 Å². The van der Waals surface area contributed by atoms with E-state index in [2.05, 4.69) is 10.2 Å². The monoisotopic (exact) mass is 501 g/mol. The molecule has 0 N–H and O–H groups in total. The lowest BCUT2D eigenvalue weighted by molar-refractivity contribution is 0.00728. The molecule has 1 amide bonds. The van der Waals surface area contributed by atoms with Gasteiger partial charge in [-0.3, -0.25) is 0 Å². The van der Waals surface area contributed by atoms with Crippen molar-refractivity contribution in [2.24, 2.45) is 0 Å². The third-order valence-corrected chi connectivity index (χ3v) is 6.50. The van der Waals surface area contributed by atoms with E-state index >= 15 is 0 Å². The van der Waals surface area contributed by atoms with Crippen LogP contribution in [0.4, 0.5) is 9.18 Å². The Hall–Kier alpha value is -3.27. The highest BCUT2D eigenvalue weighted by Gasteiger charge is 2.30. The number of hydrogen-bond donors (Lipinski definition) is 0. The normalized spacial score (nSPS) is 16.3. The molecule has 0 aliphatic carbocycles. The molecule has 1 unspecified atom stereocenters.